The normalized spacial score (nSPS) is 11.0. The summed E-state index contributed by atoms with van der Waals surface area (Å²) in [7, 11) is 0. The molecule has 0 saturated carbocycles. The number of nitrogens with one attached hydrogen (secondary N) is 1. The number of benzene rings is 2. The number of halogens is 1. The Hall–Kier alpha value is -2.63. The van der Waals surface area contributed by atoms with Crippen molar-refractivity contribution in [3.8, 4) is 16.9 Å². The second-order valence-corrected chi connectivity index (χ2v) is 7.66. The predicted molar refractivity (Wildman–Crippen MR) is 116 cm³/mol. The molecule has 0 bridgehead atoms. The van der Waals surface area contributed by atoms with Gasteiger partial charge >= 0.3 is 0 Å². The lowest BCUT2D eigenvalue weighted by Crippen LogP contribution is -2.45. The fraction of sp³-hybridized carbons (Fsp3) is 0.273. The van der Waals surface area contributed by atoms with Gasteiger partial charge in [0, 0.05) is 23.8 Å². The molecule has 3 rings (SSSR count). The molecule has 0 radical (unpaired) electrons. The van der Waals surface area contributed by atoms with Gasteiger partial charge in [0.1, 0.15) is 5.69 Å². The van der Waals surface area contributed by atoms with Crippen molar-refractivity contribution >= 4 is 18.3 Å². The maximum absolute atomic E-state index is 12.9. The molecule has 148 valence electrons. The summed E-state index contributed by atoms with van der Waals surface area (Å²) in [6.07, 6.45) is 1.78. The molecule has 0 unspecified atom stereocenters. The quantitative estimate of drug-likeness (QED) is 0.681. The summed E-state index contributed by atoms with van der Waals surface area (Å²) < 4.78 is 1.75. The van der Waals surface area contributed by atoms with Gasteiger partial charge in [-0.15, -0.1) is 12.4 Å². The highest BCUT2D eigenvalue weighted by Gasteiger charge is 2.21. The third-order valence-electron chi connectivity index (χ3n) is 4.32. The van der Waals surface area contributed by atoms with E-state index in [4.69, 9.17) is 10.8 Å². The number of amides is 1. The standard InChI is InChI=1S/C22H26N4O.ClH/c1-15-10-11-18(16(2)12-15)20-19(21(27)24-14-22(3,4)23)13-26(25-20)17-8-6-5-7-9-17;/h5-13H,14,23H2,1-4H3,(H,24,27);1H. The van der Waals surface area contributed by atoms with Gasteiger partial charge in [-0.25, -0.2) is 4.68 Å². The summed E-state index contributed by atoms with van der Waals surface area (Å²) in [6, 6.07) is 15.9. The van der Waals surface area contributed by atoms with Crippen molar-refractivity contribution in [2.75, 3.05) is 6.54 Å². The van der Waals surface area contributed by atoms with Crippen molar-refractivity contribution in [3.05, 3.63) is 71.4 Å². The summed E-state index contributed by atoms with van der Waals surface area (Å²) in [4.78, 5) is 12.9. The number of para-hydroxylation sites is 1. The maximum Gasteiger partial charge on any atom is 0.255 e. The second kappa shape index (κ2) is 8.59. The number of aromatic nitrogens is 2. The van der Waals surface area contributed by atoms with E-state index in [1.807, 2.05) is 63.2 Å². The second-order valence-electron chi connectivity index (χ2n) is 7.66. The van der Waals surface area contributed by atoms with E-state index in [9.17, 15) is 4.79 Å². The molecule has 5 nitrogen and oxygen atoms in total. The minimum absolute atomic E-state index is 0. The summed E-state index contributed by atoms with van der Waals surface area (Å²) in [6.45, 7) is 8.23. The molecule has 1 amide bonds. The average molecular weight is 399 g/mol. The van der Waals surface area contributed by atoms with Crippen molar-refractivity contribution in [2.24, 2.45) is 5.73 Å². The Balaban J connectivity index is 0.00000280. The van der Waals surface area contributed by atoms with Crippen molar-refractivity contribution in [1.29, 1.82) is 0 Å². The Labute approximate surface area is 172 Å². The zero-order chi connectivity index (χ0) is 19.6. The number of hydrogen-bond donors (Lipinski definition) is 2. The van der Waals surface area contributed by atoms with E-state index in [0.717, 1.165) is 16.8 Å². The zero-order valence-electron chi connectivity index (χ0n) is 16.7. The molecule has 0 spiro atoms. The topological polar surface area (TPSA) is 72.9 Å². The number of nitrogens with zero attached hydrogens (tertiary/aromatic N) is 2. The van der Waals surface area contributed by atoms with Crippen LogP contribution in [0, 0.1) is 13.8 Å². The van der Waals surface area contributed by atoms with Crippen LogP contribution in [0.3, 0.4) is 0 Å². The molecule has 1 aromatic heterocycles. The number of carbonyl (C=O) groups excluding carboxylic acids is 1. The van der Waals surface area contributed by atoms with Crippen LogP contribution in [0.5, 0.6) is 0 Å². The molecule has 2 aromatic carbocycles. The van der Waals surface area contributed by atoms with Crippen LogP contribution in [0.2, 0.25) is 0 Å². The van der Waals surface area contributed by atoms with Gasteiger partial charge in [0.05, 0.1) is 11.3 Å². The average Bonchev–Trinajstić information content (AvgIpc) is 3.05. The zero-order valence-corrected chi connectivity index (χ0v) is 17.5. The van der Waals surface area contributed by atoms with Crippen molar-refractivity contribution in [3.63, 3.8) is 0 Å². The first-order valence-electron chi connectivity index (χ1n) is 9.04. The minimum atomic E-state index is -0.481. The Morgan fingerprint density at radius 2 is 1.82 bits per heavy atom. The molecule has 1 heterocycles. The van der Waals surface area contributed by atoms with Gasteiger partial charge in [0.2, 0.25) is 0 Å². The van der Waals surface area contributed by atoms with Crippen molar-refractivity contribution in [1.82, 2.24) is 15.1 Å². The van der Waals surface area contributed by atoms with Gasteiger partial charge in [-0.2, -0.15) is 5.10 Å². The van der Waals surface area contributed by atoms with E-state index in [-0.39, 0.29) is 18.3 Å². The van der Waals surface area contributed by atoms with E-state index in [1.54, 1.807) is 10.9 Å². The number of hydrogen-bond acceptors (Lipinski definition) is 3. The van der Waals surface area contributed by atoms with E-state index in [0.29, 0.717) is 17.8 Å². The van der Waals surface area contributed by atoms with Gasteiger partial charge in [-0.1, -0.05) is 42.0 Å². The molecular weight excluding hydrogens is 372 g/mol. The monoisotopic (exact) mass is 398 g/mol. The molecule has 0 atom stereocenters. The fourth-order valence-electron chi connectivity index (χ4n) is 2.93. The van der Waals surface area contributed by atoms with Crippen LogP contribution in [-0.4, -0.2) is 27.8 Å². The Morgan fingerprint density at radius 1 is 1.14 bits per heavy atom. The van der Waals surface area contributed by atoms with Crippen LogP contribution in [0.25, 0.3) is 16.9 Å². The van der Waals surface area contributed by atoms with E-state index in [1.165, 1.54) is 5.56 Å². The van der Waals surface area contributed by atoms with Gasteiger partial charge < -0.3 is 11.1 Å². The summed E-state index contributed by atoms with van der Waals surface area (Å²) in [5.74, 6) is -0.175. The molecule has 0 aliphatic carbocycles. The highest BCUT2D eigenvalue weighted by Crippen LogP contribution is 2.27. The lowest BCUT2D eigenvalue weighted by atomic mass is 10.00. The Bertz CT molecular complexity index is 958. The molecule has 0 aliphatic rings. The van der Waals surface area contributed by atoms with Crippen LogP contribution in [-0.2, 0) is 0 Å². The SMILES string of the molecule is Cc1ccc(-c2nn(-c3ccccc3)cc2C(=O)NCC(C)(C)N)c(C)c1.Cl. The van der Waals surface area contributed by atoms with Crippen LogP contribution < -0.4 is 11.1 Å². The molecule has 0 fully saturated rings. The molecular formula is C22H27ClN4O. The third-order valence-corrected chi connectivity index (χ3v) is 4.32. The number of carbonyl (C=O) groups is 1. The van der Waals surface area contributed by atoms with Gasteiger partial charge in [-0.3, -0.25) is 4.79 Å². The lowest BCUT2D eigenvalue weighted by Gasteiger charge is -2.18. The smallest absolute Gasteiger partial charge is 0.255 e. The van der Waals surface area contributed by atoms with E-state index >= 15 is 0 Å². The Morgan fingerprint density at radius 3 is 2.43 bits per heavy atom. The van der Waals surface area contributed by atoms with Crippen LogP contribution in [0.1, 0.15) is 35.3 Å². The third kappa shape index (κ3) is 5.00. The predicted octanol–water partition coefficient (Wildman–Crippen LogP) is 4.05. The molecule has 3 aromatic rings. The van der Waals surface area contributed by atoms with E-state index < -0.39 is 5.54 Å². The highest BCUT2D eigenvalue weighted by molar-refractivity contribution is 6.00. The van der Waals surface area contributed by atoms with Crippen LogP contribution in [0.15, 0.2) is 54.7 Å². The molecule has 0 saturated heterocycles. The summed E-state index contributed by atoms with van der Waals surface area (Å²) in [5, 5.41) is 7.66. The highest BCUT2D eigenvalue weighted by atomic mass is 35.5. The van der Waals surface area contributed by atoms with Gasteiger partial charge in [0.25, 0.3) is 5.91 Å². The number of aryl methyl sites for hydroxylation is 2. The van der Waals surface area contributed by atoms with Gasteiger partial charge in [0.15, 0.2) is 0 Å². The first-order valence-corrected chi connectivity index (χ1v) is 9.04. The lowest BCUT2D eigenvalue weighted by molar-refractivity contribution is 0.0946. The van der Waals surface area contributed by atoms with E-state index in [2.05, 4.69) is 18.3 Å². The first-order chi connectivity index (χ1) is 12.7. The Kier molecular flexibility index (Phi) is 6.65. The van der Waals surface area contributed by atoms with Crippen LogP contribution >= 0.6 is 12.4 Å². The number of rotatable bonds is 5. The molecule has 3 N–H and O–H groups in total. The summed E-state index contributed by atoms with van der Waals surface area (Å²) >= 11 is 0. The van der Waals surface area contributed by atoms with Gasteiger partial charge in [-0.05, 0) is 45.4 Å². The molecule has 0 aliphatic heterocycles. The molecule has 28 heavy (non-hydrogen) atoms. The summed E-state index contributed by atoms with van der Waals surface area (Å²) in [5.41, 5.74) is 10.9. The molecule has 6 heteroatoms. The maximum atomic E-state index is 12.9. The fourth-order valence-corrected chi connectivity index (χ4v) is 2.93. The largest absolute Gasteiger partial charge is 0.350 e. The minimum Gasteiger partial charge on any atom is -0.350 e. The number of nitrogens with two attached hydrogens (primary N) is 1. The van der Waals surface area contributed by atoms with Crippen molar-refractivity contribution in [2.45, 2.75) is 33.2 Å². The van der Waals surface area contributed by atoms with Crippen LogP contribution in [0.4, 0.5) is 0 Å². The first kappa shape index (κ1) is 21.7. The van der Waals surface area contributed by atoms with Crippen molar-refractivity contribution < 1.29 is 4.79 Å².